The molecular weight excluding hydrogens is 174 g/mol. The summed E-state index contributed by atoms with van der Waals surface area (Å²) >= 11 is 0. The molecule has 0 radical (unpaired) electrons. The maximum atomic E-state index is 5.94. The van der Waals surface area contributed by atoms with Crippen molar-refractivity contribution in [3.05, 3.63) is 29.8 Å². The number of hydrogen-bond donors (Lipinski definition) is 0. The predicted octanol–water partition coefficient (Wildman–Crippen LogP) is 2.21. The third-order valence-electron chi connectivity index (χ3n) is 3.34. The molecule has 2 atom stereocenters. The molecule has 0 amide bonds. The zero-order valence-corrected chi connectivity index (χ0v) is 8.44. The van der Waals surface area contributed by atoms with Gasteiger partial charge in [0.2, 0.25) is 0 Å². The van der Waals surface area contributed by atoms with Crippen molar-refractivity contribution >= 4 is 0 Å². The summed E-state index contributed by atoms with van der Waals surface area (Å²) in [5.41, 5.74) is 1.37. The van der Waals surface area contributed by atoms with Crippen molar-refractivity contribution in [2.75, 3.05) is 13.6 Å². The molecule has 0 bridgehead atoms. The Morgan fingerprint density at radius 2 is 2.21 bits per heavy atom. The maximum Gasteiger partial charge on any atom is 0.124 e. The molecule has 0 unspecified atom stereocenters. The van der Waals surface area contributed by atoms with Gasteiger partial charge in [-0.05, 0) is 32.5 Å². The second-order valence-corrected chi connectivity index (χ2v) is 4.26. The van der Waals surface area contributed by atoms with Crippen LogP contribution in [0.5, 0.6) is 5.75 Å². The van der Waals surface area contributed by atoms with Crippen LogP contribution < -0.4 is 4.74 Å². The molecule has 0 N–H and O–H groups in total. The number of hydrogen-bond acceptors (Lipinski definition) is 2. The Hall–Kier alpha value is -1.02. The summed E-state index contributed by atoms with van der Waals surface area (Å²) in [7, 11) is 2.20. The van der Waals surface area contributed by atoms with Crippen LogP contribution >= 0.6 is 0 Å². The monoisotopic (exact) mass is 189 g/mol. The number of fused-ring (bicyclic) bond motifs is 3. The number of rotatable bonds is 0. The number of likely N-dealkylation sites (tertiary alicyclic amines) is 1. The maximum absolute atomic E-state index is 5.94. The molecule has 74 valence electrons. The minimum absolute atomic E-state index is 0.395. The standard InChI is InChI=1S/C12H15NO/c1-13-8-4-7-11-12(13)9-5-2-3-6-10(9)14-11/h2-3,5-6,11-12H,4,7-8H2,1H3/t11-,12-/m0/s1. The Labute approximate surface area is 84.5 Å². The Kier molecular flexibility index (Phi) is 1.77. The van der Waals surface area contributed by atoms with Gasteiger partial charge in [0.25, 0.3) is 0 Å². The Morgan fingerprint density at radius 3 is 3.14 bits per heavy atom. The van der Waals surface area contributed by atoms with Gasteiger partial charge in [0.05, 0.1) is 6.04 Å². The SMILES string of the molecule is CN1CCC[C@@H]2Oc3ccccc3[C@@H]21. The molecule has 2 nitrogen and oxygen atoms in total. The van der Waals surface area contributed by atoms with E-state index in [0.717, 1.165) is 5.75 Å². The van der Waals surface area contributed by atoms with Gasteiger partial charge < -0.3 is 4.74 Å². The average molecular weight is 189 g/mol. The van der Waals surface area contributed by atoms with Crippen LogP contribution in [0.25, 0.3) is 0 Å². The zero-order chi connectivity index (χ0) is 9.54. The number of ether oxygens (including phenoxy) is 1. The molecule has 2 heterocycles. The fourth-order valence-corrected chi connectivity index (χ4v) is 2.68. The van der Waals surface area contributed by atoms with E-state index >= 15 is 0 Å². The molecule has 0 spiro atoms. The average Bonchev–Trinajstić information content (AvgIpc) is 2.57. The Bertz CT molecular complexity index is 350. The van der Waals surface area contributed by atoms with Gasteiger partial charge in [0, 0.05) is 5.56 Å². The van der Waals surface area contributed by atoms with E-state index in [1.165, 1.54) is 24.9 Å². The first-order valence-electron chi connectivity index (χ1n) is 5.32. The van der Waals surface area contributed by atoms with E-state index in [2.05, 4.69) is 36.2 Å². The molecule has 2 aliphatic rings. The van der Waals surface area contributed by atoms with Crippen LogP contribution in [0.3, 0.4) is 0 Å². The van der Waals surface area contributed by atoms with Crippen molar-refractivity contribution in [1.29, 1.82) is 0 Å². The second kappa shape index (κ2) is 2.99. The first kappa shape index (κ1) is 8.30. The van der Waals surface area contributed by atoms with Crippen LogP contribution in [0, 0.1) is 0 Å². The van der Waals surface area contributed by atoms with Gasteiger partial charge in [-0.1, -0.05) is 18.2 Å². The van der Waals surface area contributed by atoms with Crippen molar-refractivity contribution in [2.45, 2.75) is 25.0 Å². The van der Waals surface area contributed by atoms with Crippen LogP contribution in [-0.2, 0) is 0 Å². The Balaban J connectivity index is 2.03. The smallest absolute Gasteiger partial charge is 0.124 e. The van der Waals surface area contributed by atoms with Crippen LogP contribution in [0.15, 0.2) is 24.3 Å². The largest absolute Gasteiger partial charge is 0.488 e. The van der Waals surface area contributed by atoms with Gasteiger partial charge in [0.15, 0.2) is 0 Å². The molecule has 2 heteroatoms. The van der Waals surface area contributed by atoms with E-state index in [4.69, 9.17) is 4.74 Å². The van der Waals surface area contributed by atoms with E-state index in [-0.39, 0.29) is 0 Å². The number of likely N-dealkylation sites (N-methyl/N-ethyl adjacent to an activating group) is 1. The van der Waals surface area contributed by atoms with Crippen LogP contribution in [-0.4, -0.2) is 24.6 Å². The summed E-state index contributed by atoms with van der Waals surface area (Å²) in [6.45, 7) is 1.19. The summed E-state index contributed by atoms with van der Waals surface area (Å²) in [6, 6.07) is 8.94. The third-order valence-corrected chi connectivity index (χ3v) is 3.34. The van der Waals surface area contributed by atoms with Crippen LogP contribution in [0.1, 0.15) is 24.4 Å². The topological polar surface area (TPSA) is 12.5 Å². The quantitative estimate of drug-likeness (QED) is 0.620. The summed E-state index contributed by atoms with van der Waals surface area (Å²) in [5, 5.41) is 0. The molecule has 2 aliphatic heterocycles. The first-order chi connectivity index (χ1) is 6.86. The lowest BCUT2D eigenvalue weighted by Crippen LogP contribution is -2.38. The first-order valence-corrected chi connectivity index (χ1v) is 5.32. The van der Waals surface area contributed by atoms with Crippen molar-refractivity contribution < 1.29 is 4.74 Å². The summed E-state index contributed by atoms with van der Waals surface area (Å²) in [6.07, 6.45) is 2.85. The highest BCUT2D eigenvalue weighted by Crippen LogP contribution is 2.43. The molecular formula is C12H15NO. The van der Waals surface area contributed by atoms with E-state index in [0.29, 0.717) is 12.1 Å². The highest BCUT2D eigenvalue weighted by molar-refractivity contribution is 5.40. The van der Waals surface area contributed by atoms with Gasteiger partial charge in [-0.15, -0.1) is 0 Å². The van der Waals surface area contributed by atoms with Gasteiger partial charge >= 0.3 is 0 Å². The number of nitrogens with zero attached hydrogens (tertiary/aromatic N) is 1. The zero-order valence-electron chi connectivity index (χ0n) is 8.44. The fraction of sp³-hybridized carbons (Fsp3) is 0.500. The Morgan fingerprint density at radius 1 is 1.36 bits per heavy atom. The fourth-order valence-electron chi connectivity index (χ4n) is 2.68. The summed E-state index contributed by atoms with van der Waals surface area (Å²) in [5.74, 6) is 1.09. The van der Waals surface area contributed by atoms with E-state index < -0.39 is 0 Å². The lowest BCUT2D eigenvalue weighted by atomic mass is 9.95. The van der Waals surface area contributed by atoms with E-state index in [9.17, 15) is 0 Å². The molecule has 0 aliphatic carbocycles. The van der Waals surface area contributed by atoms with Gasteiger partial charge in [-0.3, -0.25) is 4.90 Å². The molecule has 1 aromatic rings. The van der Waals surface area contributed by atoms with E-state index in [1.807, 2.05) is 0 Å². The number of para-hydroxylation sites is 1. The van der Waals surface area contributed by atoms with E-state index in [1.54, 1.807) is 0 Å². The van der Waals surface area contributed by atoms with Gasteiger partial charge in [-0.25, -0.2) is 0 Å². The molecule has 1 saturated heterocycles. The van der Waals surface area contributed by atoms with Crippen molar-refractivity contribution in [3.63, 3.8) is 0 Å². The van der Waals surface area contributed by atoms with Crippen molar-refractivity contribution in [1.82, 2.24) is 4.90 Å². The number of piperidine rings is 1. The van der Waals surface area contributed by atoms with Crippen LogP contribution in [0.2, 0.25) is 0 Å². The lowest BCUT2D eigenvalue weighted by Gasteiger charge is -2.33. The van der Waals surface area contributed by atoms with Crippen LogP contribution in [0.4, 0.5) is 0 Å². The minimum Gasteiger partial charge on any atom is -0.488 e. The second-order valence-electron chi connectivity index (χ2n) is 4.26. The molecule has 14 heavy (non-hydrogen) atoms. The molecule has 1 fully saturated rings. The summed E-state index contributed by atoms with van der Waals surface area (Å²) < 4.78 is 5.94. The van der Waals surface area contributed by atoms with Crippen molar-refractivity contribution in [2.24, 2.45) is 0 Å². The lowest BCUT2D eigenvalue weighted by molar-refractivity contribution is 0.0710. The summed E-state index contributed by atoms with van der Waals surface area (Å²) in [4.78, 5) is 2.42. The third kappa shape index (κ3) is 1.07. The molecule has 0 aromatic heterocycles. The molecule has 3 rings (SSSR count). The van der Waals surface area contributed by atoms with Gasteiger partial charge in [0.1, 0.15) is 11.9 Å². The van der Waals surface area contributed by atoms with Crippen molar-refractivity contribution in [3.8, 4) is 5.75 Å². The van der Waals surface area contributed by atoms with Gasteiger partial charge in [-0.2, -0.15) is 0 Å². The minimum atomic E-state index is 0.395. The molecule has 0 saturated carbocycles. The molecule has 1 aromatic carbocycles. The highest BCUT2D eigenvalue weighted by Gasteiger charge is 2.38. The number of benzene rings is 1. The highest BCUT2D eigenvalue weighted by atomic mass is 16.5. The predicted molar refractivity (Wildman–Crippen MR) is 55.5 cm³/mol. The normalized spacial score (nSPS) is 30.6.